The van der Waals surface area contributed by atoms with E-state index in [1.165, 1.54) is 12.8 Å². The zero-order chi connectivity index (χ0) is 14.3. The number of hydrogen-bond donors (Lipinski definition) is 1. The molecule has 2 atom stereocenters. The monoisotopic (exact) mass is 283 g/mol. The molecule has 2 aliphatic rings. The zero-order valence-electron chi connectivity index (χ0n) is 12.2. The lowest BCUT2D eigenvalue weighted by molar-refractivity contribution is -0.0613. The molecular formula is C17H21N3O. The smallest absolute Gasteiger partial charge is 0.147 e. The maximum atomic E-state index is 10.8. The van der Waals surface area contributed by atoms with Crippen LogP contribution in [0.1, 0.15) is 32.1 Å². The number of anilines is 1. The second-order valence-electron chi connectivity index (χ2n) is 6.46. The fraction of sp³-hybridized carbons (Fsp3) is 0.529. The van der Waals surface area contributed by atoms with Crippen molar-refractivity contribution in [2.75, 3.05) is 18.0 Å². The molecule has 1 aromatic heterocycles. The highest BCUT2D eigenvalue weighted by atomic mass is 16.3. The summed E-state index contributed by atoms with van der Waals surface area (Å²) < 4.78 is 0. The molecule has 4 nitrogen and oxygen atoms in total. The summed E-state index contributed by atoms with van der Waals surface area (Å²) in [4.78, 5) is 11.5. The molecule has 0 radical (unpaired) electrons. The quantitative estimate of drug-likeness (QED) is 0.874. The summed E-state index contributed by atoms with van der Waals surface area (Å²) in [5.41, 5.74) is 1.45. The van der Waals surface area contributed by atoms with E-state index in [4.69, 9.17) is 4.98 Å². The molecule has 2 heterocycles. The Morgan fingerprint density at radius 3 is 2.90 bits per heavy atom. The van der Waals surface area contributed by atoms with Crippen molar-refractivity contribution in [2.45, 2.75) is 37.7 Å². The molecule has 2 fully saturated rings. The molecule has 4 heteroatoms. The summed E-state index contributed by atoms with van der Waals surface area (Å²) in [6.07, 6.45) is 7.23. The molecule has 0 spiro atoms. The second kappa shape index (κ2) is 4.95. The van der Waals surface area contributed by atoms with Crippen molar-refractivity contribution >= 4 is 16.9 Å². The van der Waals surface area contributed by atoms with Crippen molar-refractivity contribution in [3.05, 3.63) is 30.5 Å². The van der Waals surface area contributed by atoms with Crippen molar-refractivity contribution in [1.29, 1.82) is 0 Å². The van der Waals surface area contributed by atoms with Gasteiger partial charge in [-0.15, -0.1) is 0 Å². The van der Waals surface area contributed by atoms with Gasteiger partial charge in [-0.1, -0.05) is 25.0 Å². The Morgan fingerprint density at radius 1 is 1.14 bits per heavy atom. The van der Waals surface area contributed by atoms with Gasteiger partial charge in [0.1, 0.15) is 5.82 Å². The van der Waals surface area contributed by atoms with Gasteiger partial charge in [0.25, 0.3) is 0 Å². The minimum absolute atomic E-state index is 0.383. The molecule has 1 N–H and O–H groups in total. The van der Waals surface area contributed by atoms with E-state index >= 15 is 0 Å². The first-order chi connectivity index (χ1) is 10.2. The molecule has 0 amide bonds. The summed E-state index contributed by atoms with van der Waals surface area (Å²) in [7, 11) is 0. The van der Waals surface area contributed by atoms with E-state index in [1.807, 2.05) is 30.5 Å². The Hall–Kier alpha value is -1.68. The Balaban J connectivity index is 1.61. The van der Waals surface area contributed by atoms with Crippen LogP contribution in [-0.4, -0.2) is 33.8 Å². The van der Waals surface area contributed by atoms with E-state index < -0.39 is 5.60 Å². The van der Waals surface area contributed by atoms with Crippen LogP contribution in [0.25, 0.3) is 11.0 Å². The van der Waals surface area contributed by atoms with Crippen LogP contribution in [0.3, 0.4) is 0 Å². The number of hydrogen-bond acceptors (Lipinski definition) is 4. The van der Waals surface area contributed by atoms with Crippen LogP contribution in [0.15, 0.2) is 30.5 Å². The summed E-state index contributed by atoms with van der Waals surface area (Å²) in [6.45, 7) is 1.78. The van der Waals surface area contributed by atoms with E-state index in [9.17, 15) is 5.11 Å². The molecule has 4 rings (SSSR count). The largest absolute Gasteiger partial charge is 0.389 e. The fourth-order valence-electron chi connectivity index (χ4n) is 3.88. The molecule has 2 aromatic rings. The molecule has 1 saturated carbocycles. The van der Waals surface area contributed by atoms with Gasteiger partial charge in [-0.2, -0.15) is 0 Å². The molecule has 1 saturated heterocycles. The highest BCUT2D eigenvalue weighted by molar-refractivity contribution is 5.75. The van der Waals surface area contributed by atoms with Crippen LogP contribution in [0.5, 0.6) is 0 Å². The average Bonchev–Trinajstić information content (AvgIpc) is 2.53. The molecular weight excluding hydrogens is 262 g/mol. The molecule has 21 heavy (non-hydrogen) atoms. The normalized spacial score (nSPS) is 29.4. The van der Waals surface area contributed by atoms with Crippen molar-refractivity contribution in [1.82, 2.24) is 9.97 Å². The third kappa shape index (κ3) is 2.27. The topological polar surface area (TPSA) is 49.2 Å². The maximum Gasteiger partial charge on any atom is 0.147 e. The van der Waals surface area contributed by atoms with Crippen LogP contribution >= 0.6 is 0 Å². The zero-order valence-corrected chi connectivity index (χ0v) is 12.2. The number of aromatic nitrogens is 2. The number of nitrogens with zero attached hydrogens (tertiary/aromatic N) is 3. The molecule has 1 aliphatic heterocycles. The van der Waals surface area contributed by atoms with Gasteiger partial charge >= 0.3 is 0 Å². The van der Waals surface area contributed by atoms with Gasteiger partial charge in [-0.25, -0.2) is 4.98 Å². The lowest BCUT2D eigenvalue weighted by Crippen LogP contribution is -2.53. The number of fused-ring (bicyclic) bond motifs is 2. The van der Waals surface area contributed by atoms with Gasteiger partial charge < -0.3 is 10.0 Å². The SMILES string of the molecule is OC12CCCCC1CN(c1cnc3ccccc3n1)CC2. The van der Waals surface area contributed by atoms with E-state index in [0.717, 1.165) is 49.2 Å². The van der Waals surface area contributed by atoms with Crippen LogP contribution in [-0.2, 0) is 0 Å². The molecule has 2 unspecified atom stereocenters. The number of aliphatic hydroxyl groups is 1. The first kappa shape index (κ1) is 13.0. The van der Waals surface area contributed by atoms with Gasteiger partial charge in [-0.05, 0) is 31.4 Å². The highest BCUT2D eigenvalue weighted by Gasteiger charge is 2.43. The standard InChI is InChI=1S/C17H21N3O/c21-17-8-4-3-5-13(17)12-20(10-9-17)16-11-18-14-6-1-2-7-15(14)19-16/h1-2,6-7,11,13,21H,3-5,8-10,12H2. The minimum atomic E-state index is -0.432. The van der Waals surface area contributed by atoms with E-state index in [0.29, 0.717) is 5.92 Å². The van der Waals surface area contributed by atoms with Gasteiger partial charge in [0, 0.05) is 19.0 Å². The Bertz CT molecular complexity index is 659. The summed E-state index contributed by atoms with van der Waals surface area (Å²) >= 11 is 0. The van der Waals surface area contributed by atoms with Crippen molar-refractivity contribution in [2.24, 2.45) is 5.92 Å². The highest BCUT2D eigenvalue weighted by Crippen LogP contribution is 2.40. The number of benzene rings is 1. The predicted molar refractivity (Wildman–Crippen MR) is 83.3 cm³/mol. The van der Waals surface area contributed by atoms with Crippen LogP contribution in [0, 0.1) is 5.92 Å². The lowest BCUT2D eigenvalue weighted by atomic mass is 9.71. The third-order valence-electron chi connectivity index (χ3n) is 5.19. The Kier molecular flexibility index (Phi) is 3.07. The molecule has 0 bridgehead atoms. The van der Waals surface area contributed by atoms with Gasteiger partial charge in [0.05, 0.1) is 22.8 Å². The van der Waals surface area contributed by atoms with Gasteiger partial charge in [-0.3, -0.25) is 4.98 Å². The first-order valence-electron chi connectivity index (χ1n) is 7.94. The van der Waals surface area contributed by atoms with E-state index in [2.05, 4.69) is 9.88 Å². The van der Waals surface area contributed by atoms with Crippen molar-refractivity contribution in [3.8, 4) is 0 Å². The molecule has 1 aromatic carbocycles. The Morgan fingerprint density at radius 2 is 2.00 bits per heavy atom. The summed E-state index contributed by atoms with van der Waals surface area (Å²) in [6, 6.07) is 7.98. The van der Waals surface area contributed by atoms with Crippen LogP contribution < -0.4 is 4.90 Å². The average molecular weight is 283 g/mol. The maximum absolute atomic E-state index is 10.8. The molecule has 110 valence electrons. The van der Waals surface area contributed by atoms with Gasteiger partial charge in [0.2, 0.25) is 0 Å². The van der Waals surface area contributed by atoms with Crippen molar-refractivity contribution in [3.63, 3.8) is 0 Å². The first-order valence-corrected chi connectivity index (χ1v) is 7.94. The predicted octanol–water partition coefficient (Wildman–Crippen LogP) is 2.76. The molecule has 1 aliphatic carbocycles. The van der Waals surface area contributed by atoms with Gasteiger partial charge in [0.15, 0.2) is 0 Å². The van der Waals surface area contributed by atoms with Crippen molar-refractivity contribution < 1.29 is 5.11 Å². The number of rotatable bonds is 1. The lowest BCUT2D eigenvalue weighted by Gasteiger charge is -2.47. The minimum Gasteiger partial charge on any atom is -0.389 e. The van der Waals surface area contributed by atoms with E-state index in [-0.39, 0.29) is 0 Å². The third-order valence-corrected chi connectivity index (χ3v) is 5.19. The van der Waals surface area contributed by atoms with Crippen LogP contribution in [0.4, 0.5) is 5.82 Å². The summed E-state index contributed by atoms with van der Waals surface area (Å²) in [5, 5.41) is 10.8. The Labute approximate surface area is 124 Å². The fourth-order valence-corrected chi connectivity index (χ4v) is 3.88. The number of para-hydroxylation sites is 2. The van der Waals surface area contributed by atoms with Crippen LogP contribution in [0.2, 0.25) is 0 Å². The van der Waals surface area contributed by atoms with E-state index in [1.54, 1.807) is 0 Å². The summed E-state index contributed by atoms with van der Waals surface area (Å²) in [5.74, 6) is 1.33. The second-order valence-corrected chi connectivity index (χ2v) is 6.46. The number of piperidine rings is 1.